The molecule has 0 aromatic heterocycles. The zero-order valence-corrected chi connectivity index (χ0v) is 12.6. The Morgan fingerprint density at radius 1 is 1.18 bits per heavy atom. The first kappa shape index (κ1) is 17.3. The van der Waals surface area contributed by atoms with Crippen LogP contribution >= 0.6 is 0 Å². The third-order valence-corrected chi connectivity index (χ3v) is 2.84. The molecule has 0 radical (unpaired) electrons. The Labute approximate surface area is 127 Å². The lowest BCUT2D eigenvalue weighted by atomic mass is 10.2. The lowest BCUT2D eigenvalue weighted by Gasteiger charge is -2.15. The minimum atomic E-state index is -1.12. The number of nitrogens with one attached hydrogen (secondary N) is 1. The Hall–Kier alpha value is -2.77. The number of aliphatic carboxylic acids is 1. The molecule has 0 aliphatic heterocycles. The van der Waals surface area contributed by atoms with Crippen molar-refractivity contribution in [2.24, 2.45) is 0 Å². The van der Waals surface area contributed by atoms with E-state index in [2.05, 4.69) is 5.32 Å². The number of carbonyl (C=O) groups is 3. The Bertz CT molecular complexity index is 572. The summed E-state index contributed by atoms with van der Waals surface area (Å²) in [6.07, 6.45) is 0. The van der Waals surface area contributed by atoms with Crippen molar-refractivity contribution in [3.05, 3.63) is 23.8 Å². The maximum Gasteiger partial charge on any atom is 0.323 e. The molecule has 0 aliphatic carbocycles. The van der Waals surface area contributed by atoms with E-state index >= 15 is 0 Å². The number of carboxylic acid groups (broad SMARTS) is 1. The van der Waals surface area contributed by atoms with Crippen molar-refractivity contribution >= 4 is 17.8 Å². The van der Waals surface area contributed by atoms with Crippen LogP contribution in [0.1, 0.15) is 10.4 Å². The van der Waals surface area contributed by atoms with Crippen LogP contribution in [-0.4, -0.2) is 62.1 Å². The van der Waals surface area contributed by atoms with Gasteiger partial charge in [0.1, 0.15) is 6.54 Å². The average Bonchev–Trinajstić information content (AvgIpc) is 2.50. The summed E-state index contributed by atoms with van der Waals surface area (Å²) >= 11 is 0. The minimum absolute atomic E-state index is 0.295. The topological polar surface area (TPSA) is 105 Å². The van der Waals surface area contributed by atoms with E-state index in [1.807, 2.05) is 0 Å². The molecule has 1 aromatic rings. The molecule has 1 aromatic carbocycles. The number of benzene rings is 1. The van der Waals surface area contributed by atoms with Gasteiger partial charge in [-0.25, -0.2) is 0 Å². The highest BCUT2D eigenvalue weighted by atomic mass is 16.5. The lowest BCUT2D eigenvalue weighted by molar-refractivity contribution is -0.143. The van der Waals surface area contributed by atoms with Gasteiger partial charge < -0.3 is 24.8 Å². The molecule has 0 aliphatic rings. The fourth-order valence-electron chi connectivity index (χ4n) is 1.66. The molecular formula is C14H18N2O6. The van der Waals surface area contributed by atoms with Gasteiger partial charge in [-0.15, -0.1) is 0 Å². The largest absolute Gasteiger partial charge is 0.493 e. The SMILES string of the molecule is COc1ccc(C(=O)NCC(=O)N(C)CC(=O)O)cc1OC. The molecule has 8 nitrogen and oxygen atoms in total. The number of rotatable bonds is 7. The summed E-state index contributed by atoms with van der Waals surface area (Å²) < 4.78 is 10.2. The minimum Gasteiger partial charge on any atom is -0.493 e. The first-order valence-electron chi connectivity index (χ1n) is 6.35. The van der Waals surface area contributed by atoms with Gasteiger partial charge >= 0.3 is 5.97 Å². The first-order chi connectivity index (χ1) is 10.4. The van der Waals surface area contributed by atoms with E-state index in [-0.39, 0.29) is 6.54 Å². The average molecular weight is 310 g/mol. The van der Waals surface area contributed by atoms with Gasteiger partial charge in [-0.3, -0.25) is 14.4 Å². The van der Waals surface area contributed by atoms with Gasteiger partial charge in [0.15, 0.2) is 11.5 Å². The molecule has 0 heterocycles. The van der Waals surface area contributed by atoms with Gasteiger partial charge in [0.25, 0.3) is 5.91 Å². The number of hydrogen-bond acceptors (Lipinski definition) is 5. The van der Waals surface area contributed by atoms with Crippen LogP contribution in [0.2, 0.25) is 0 Å². The number of amides is 2. The molecule has 0 saturated heterocycles. The number of carbonyl (C=O) groups excluding carboxylic acids is 2. The Kier molecular flexibility index (Phi) is 6.18. The fraction of sp³-hybridized carbons (Fsp3) is 0.357. The third kappa shape index (κ3) is 4.65. The molecule has 0 fully saturated rings. The molecule has 0 bridgehead atoms. The molecule has 0 atom stereocenters. The van der Waals surface area contributed by atoms with E-state index < -0.39 is 24.3 Å². The van der Waals surface area contributed by atoms with Crippen LogP contribution in [0, 0.1) is 0 Å². The second kappa shape index (κ2) is 7.87. The van der Waals surface area contributed by atoms with Crippen LogP contribution < -0.4 is 14.8 Å². The van der Waals surface area contributed by atoms with Crippen LogP contribution in [-0.2, 0) is 9.59 Å². The van der Waals surface area contributed by atoms with Gasteiger partial charge in [0.05, 0.1) is 20.8 Å². The Morgan fingerprint density at radius 2 is 1.82 bits per heavy atom. The number of methoxy groups -OCH3 is 2. The summed E-state index contributed by atoms with van der Waals surface area (Å²) in [5.41, 5.74) is 0.298. The maximum absolute atomic E-state index is 12.0. The van der Waals surface area contributed by atoms with E-state index in [4.69, 9.17) is 14.6 Å². The van der Waals surface area contributed by atoms with E-state index in [1.165, 1.54) is 33.4 Å². The summed E-state index contributed by atoms with van der Waals surface area (Å²) in [6.45, 7) is -0.720. The van der Waals surface area contributed by atoms with Gasteiger partial charge in [-0.05, 0) is 18.2 Å². The van der Waals surface area contributed by atoms with Crippen LogP contribution in [0.4, 0.5) is 0 Å². The monoisotopic (exact) mass is 310 g/mol. The Balaban J connectivity index is 2.66. The van der Waals surface area contributed by atoms with E-state index in [1.54, 1.807) is 6.07 Å². The van der Waals surface area contributed by atoms with Crippen molar-refractivity contribution in [1.29, 1.82) is 0 Å². The third-order valence-electron chi connectivity index (χ3n) is 2.84. The molecule has 2 amide bonds. The fourth-order valence-corrected chi connectivity index (χ4v) is 1.66. The molecule has 1 rings (SSSR count). The van der Waals surface area contributed by atoms with Crippen molar-refractivity contribution in [2.45, 2.75) is 0 Å². The zero-order chi connectivity index (χ0) is 16.7. The van der Waals surface area contributed by atoms with Crippen LogP contribution in [0.5, 0.6) is 11.5 Å². The van der Waals surface area contributed by atoms with Crippen LogP contribution in [0.3, 0.4) is 0 Å². The van der Waals surface area contributed by atoms with Crippen molar-refractivity contribution in [1.82, 2.24) is 10.2 Å². The summed E-state index contributed by atoms with van der Waals surface area (Å²) in [6, 6.07) is 4.59. The first-order valence-corrected chi connectivity index (χ1v) is 6.35. The van der Waals surface area contributed by atoms with E-state index in [0.29, 0.717) is 17.1 Å². The summed E-state index contributed by atoms with van der Waals surface area (Å²) in [5.74, 6) is -1.22. The number of carboxylic acids is 1. The zero-order valence-electron chi connectivity index (χ0n) is 12.6. The van der Waals surface area contributed by atoms with Crippen LogP contribution in [0.25, 0.3) is 0 Å². The second-order valence-corrected chi connectivity index (χ2v) is 4.40. The number of likely N-dealkylation sites (N-methyl/N-ethyl adjacent to an activating group) is 1. The molecule has 22 heavy (non-hydrogen) atoms. The van der Waals surface area contributed by atoms with Gasteiger partial charge in [-0.2, -0.15) is 0 Å². The normalized spacial score (nSPS) is 9.77. The Morgan fingerprint density at radius 3 is 2.36 bits per heavy atom. The highest BCUT2D eigenvalue weighted by Crippen LogP contribution is 2.27. The molecule has 120 valence electrons. The summed E-state index contributed by atoms with van der Waals surface area (Å²) in [7, 11) is 4.28. The van der Waals surface area contributed by atoms with E-state index in [9.17, 15) is 14.4 Å². The number of hydrogen-bond donors (Lipinski definition) is 2. The second-order valence-electron chi connectivity index (χ2n) is 4.40. The molecule has 8 heteroatoms. The summed E-state index contributed by atoms with van der Waals surface area (Å²) in [5, 5.41) is 11.0. The van der Waals surface area contributed by atoms with Crippen molar-refractivity contribution < 1.29 is 29.0 Å². The predicted octanol–water partition coefficient (Wildman–Crippen LogP) is -0.0234. The van der Waals surface area contributed by atoms with Crippen LogP contribution in [0.15, 0.2) is 18.2 Å². The molecule has 0 saturated carbocycles. The molecular weight excluding hydrogens is 292 g/mol. The van der Waals surface area contributed by atoms with E-state index in [0.717, 1.165) is 4.90 Å². The van der Waals surface area contributed by atoms with Gasteiger partial charge in [0, 0.05) is 12.6 Å². The highest BCUT2D eigenvalue weighted by molar-refractivity contribution is 5.97. The molecule has 2 N–H and O–H groups in total. The smallest absolute Gasteiger partial charge is 0.323 e. The highest BCUT2D eigenvalue weighted by Gasteiger charge is 2.15. The summed E-state index contributed by atoms with van der Waals surface area (Å²) in [4.78, 5) is 35.1. The van der Waals surface area contributed by atoms with Crippen molar-refractivity contribution in [3.8, 4) is 11.5 Å². The number of nitrogens with zero attached hydrogens (tertiary/aromatic N) is 1. The van der Waals surface area contributed by atoms with Crippen molar-refractivity contribution in [2.75, 3.05) is 34.4 Å². The lowest BCUT2D eigenvalue weighted by Crippen LogP contribution is -2.40. The standard InChI is InChI=1S/C14H18N2O6/c1-16(8-13(18)19)12(17)7-15-14(20)9-4-5-10(21-2)11(6-9)22-3/h4-6H,7-8H2,1-3H3,(H,15,20)(H,18,19). The molecule has 0 unspecified atom stereocenters. The maximum atomic E-state index is 12.0. The quantitative estimate of drug-likeness (QED) is 0.733. The number of ether oxygens (including phenoxy) is 2. The van der Waals surface area contributed by atoms with Gasteiger partial charge in [0.2, 0.25) is 5.91 Å². The van der Waals surface area contributed by atoms with Crippen molar-refractivity contribution in [3.63, 3.8) is 0 Å². The molecule has 0 spiro atoms. The predicted molar refractivity (Wildman–Crippen MR) is 77.2 cm³/mol. The van der Waals surface area contributed by atoms with Gasteiger partial charge in [-0.1, -0.05) is 0 Å².